The van der Waals surface area contributed by atoms with Crippen LogP contribution in [0, 0.1) is 0 Å². The first-order valence-corrected chi connectivity index (χ1v) is 9.84. The SMILES string of the molecule is CCN(CCO)CCCc1ccc2c(-c3ccc(Cl)cc3)nsc2c1. The van der Waals surface area contributed by atoms with Crippen molar-refractivity contribution < 1.29 is 5.11 Å². The van der Waals surface area contributed by atoms with Crippen LogP contribution in [0.3, 0.4) is 0 Å². The third-order valence-corrected chi connectivity index (χ3v) is 5.52. The first kappa shape index (κ1) is 18.3. The Hall–Kier alpha value is -1.46. The summed E-state index contributed by atoms with van der Waals surface area (Å²) in [5, 5.41) is 11.0. The van der Waals surface area contributed by atoms with E-state index in [0.717, 1.165) is 48.8 Å². The van der Waals surface area contributed by atoms with Gasteiger partial charge in [0.25, 0.3) is 0 Å². The standard InChI is InChI=1S/C20H23ClN2OS/c1-2-23(12-13-24)11-3-4-15-5-10-18-19(14-15)25-22-20(18)16-6-8-17(21)9-7-16/h5-10,14,24H,2-4,11-13H2,1H3. The number of halogens is 1. The molecule has 132 valence electrons. The second kappa shape index (κ2) is 8.77. The molecule has 0 aliphatic rings. The molecule has 2 aromatic carbocycles. The highest BCUT2D eigenvalue weighted by Gasteiger charge is 2.09. The molecule has 0 fully saturated rings. The van der Waals surface area contributed by atoms with Gasteiger partial charge in [0.2, 0.25) is 0 Å². The third kappa shape index (κ3) is 4.59. The molecule has 5 heteroatoms. The lowest BCUT2D eigenvalue weighted by Crippen LogP contribution is -2.27. The second-order valence-electron chi connectivity index (χ2n) is 6.13. The molecule has 0 bridgehead atoms. The molecule has 0 spiro atoms. The molecule has 1 heterocycles. The monoisotopic (exact) mass is 374 g/mol. The zero-order chi connectivity index (χ0) is 17.6. The number of aromatic nitrogens is 1. The summed E-state index contributed by atoms with van der Waals surface area (Å²) in [4.78, 5) is 2.28. The van der Waals surface area contributed by atoms with Crippen molar-refractivity contribution in [2.75, 3.05) is 26.2 Å². The van der Waals surface area contributed by atoms with E-state index in [9.17, 15) is 0 Å². The molecule has 1 N–H and O–H groups in total. The first-order chi connectivity index (χ1) is 12.2. The van der Waals surface area contributed by atoms with Crippen LogP contribution < -0.4 is 0 Å². The summed E-state index contributed by atoms with van der Waals surface area (Å²) >= 11 is 7.53. The minimum atomic E-state index is 0.230. The van der Waals surface area contributed by atoms with Crippen molar-refractivity contribution >= 4 is 33.2 Å². The van der Waals surface area contributed by atoms with Gasteiger partial charge in [-0.1, -0.05) is 42.8 Å². The van der Waals surface area contributed by atoms with Gasteiger partial charge in [0, 0.05) is 22.5 Å². The van der Waals surface area contributed by atoms with E-state index in [2.05, 4.69) is 34.4 Å². The lowest BCUT2D eigenvalue weighted by atomic mass is 10.0. The number of rotatable bonds is 8. The van der Waals surface area contributed by atoms with Crippen molar-refractivity contribution in [1.29, 1.82) is 0 Å². The van der Waals surface area contributed by atoms with Gasteiger partial charge < -0.3 is 10.0 Å². The van der Waals surface area contributed by atoms with Crippen molar-refractivity contribution in [3.05, 3.63) is 53.1 Å². The summed E-state index contributed by atoms with van der Waals surface area (Å²) < 4.78 is 5.87. The van der Waals surface area contributed by atoms with E-state index in [1.807, 2.05) is 24.3 Å². The Morgan fingerprint density at radius 3 is 2.64 bits per heavy atom. The van der Waals surface area contributed by atoms with Crippen LogP contribution in [0.2, 0.25) is 5.02 Å². The normalized spacial score (nSPS) is 11.5. The van der Waals surface area contributed by atoms with Gasteiger partial charge in [0.05, 0.1) is 17.0 Å². The zero-order valence-corrected chi connectivity index (χ0v) is 16.0. The molecule has 0 amide bonds. The maximum absolute atomic E-state index is 9.06. The van der Waals surface area contributed by atoms with E-state index < -0.39 is 0 Å². The number of aryl methyl sites for hydroxylation is 1. The molecular formula is C20H23ClN2OS. The predicted molar refractivity (Wildman–Crippen MR) is 108 cm³/mol. The Balaban J connectivity index is 1.70. The number of hydrogen-bond acceptors (Lipinski definition) is 4. The Labute approximate surface area is 158 Å². The molecule has 25 heavy (non-hydrogen) atoms. The van der Waals surface area contributed by atoms with Crippen LogP contribution in [0.5, 0.6) is 0 Å². The number of aliphatic hydroxyl groups is 1. The van der Waals surface area contributed by atoms with Gasteiger partial charge in [-0.3, -0.25) is 0 Å². The van der Waals surface area contributed by atoms with Gasteiger partial charge >= 0.3 is 0 Å². The lowest BCUT2D eigenvalue weighted by Gasteiger charge is -2.18. The minimum Gasteiger partial charge on any atom is -0.395 e. The summed E-state index contributed by atoms with van der Waals surface area (Å²) in [5.74, 6) is 0. The van der Waals surface area contributed by atoms with E-state index in [0.29, 0.717) is 0 Å². The number of fused-ring (bicyclic) bond motifs is 1. The molecule has 0 atom stereocenters. The van der Waals surface area contributed by atoms with E-state index in [1.165, 1.54) is 15.6 Å². The summed E-state index contributed by atoms with van der Waals surface area (Å²) in [6.45, 7) is 5.13. The number of nitrogens with zero attached hydrogens (tertiary/aromatic N) is 2. The fraction of sp³-hybridized carbons (Fsp3) is 0.350. The summed E-state index contributed by atoms with van der Waals surface area (Å²) in [5.41, 5.74) is 3.48. The average Bonchev–Trinajstić information content (AvgIpc) is 3.05. The third-order valence-electron chi connectivity index (χ3n) is 4.46. The molecule has 3 aromatic rings. The highest BCUT2D eigenvalue weighted by molar-refractivity contribution is 7.13. The minimum absolute atomic E-state index is 0.230. The molecule has 0 unspecified atom stereocenters. The van der Waals surface area contributed by atoms with Gasteiger partial charge in [0.15, 0.2) is 0 Å². The van der Waals surface area contributed by atoms with Gasteiger partial charge in [-0.2, -0.15) is 4.37 Å². The zero-order valence-electron chi connectivity index (χ0n) is 14.4. The van der Waals surface area contributed by atoms with Crippen molar-refractivity contribution in [2.24, 2.45) is 0 Å². The quantitative estimate of drug-likeness (QED) is 0.611. The van der Waals surface area contributed by atoms with E-state index in [-0.39, 0.29) is 6.61 Å². The maximum atomic E-state index is 9.06. The molecule has 3 nitrogen and oxygen atoms in total. The highest BCUT2D eigenvalue weighted by Crippen LogP contribution is 2.32. The fourth-order valence-corrected chi connectivity index (χ4v) is 4.02. The van der Waals surface area contributed by atoms with Crippen LogP contribution in [0.1, 0.15) is 18.9 Å². The lowest BCUT2D eigenvalue weighted by molar-refractivity contribution is 0.200. The number of hydrogen-bond donors (Lipinski definition) is 1. The molecule has 0 saturated carbocycles. The second-order valence-corrected chi connectivity index (χ2v) is 7.37. The topological polar surface area (TPSA) is 36.4 Å². The first-order valence-electron chi connectivity index (χ1n) is 8.68. The van der Waals surface area contributed by atoms with Crippen LogP contribution in [-0.4, -0.2) is 40.6 Å². The Morgan fingerprint density at radius 2 is 1.92 bits per heavy atom. The Kier molecular flexibility index (Phi) is 6.43. The molecule has 0 saturated heterocycles. The van der Waals surface area contributed by atoms with Gasteiger partial charge in [-0.25, -0.2) is 0 Å². The molecular weight excluding hydrogens is 352 g/mol. The van der Waals surface area contributed by atoms with Gasteiger partial charge in [-0.05, 0) is 61.2 Å². The van der Waals surface area contributed by atoms with Crippen molar-refractivity contribution in [1.82, 2.24) is 9.27 Å². The molecule has 0 aliphatic carbocycles. The number of aliphatic hydroxyl groups excluding tert-OH is 1. The summed E-state index contributed by atoms with van der Waals surface area (Å²) in [7, 11) is 0. The van der Waals surface area contributed by atoms with Crippen LogP contribution >= 0.6 is 23.1 Å². The van der Waals surface area contributed by atoms with Crippen molar-refractivity contribution in [3.8, 4) is 11.3 Å². The van der Waals surface area contributed by atoms with Gasteiger partial charge in [0.1, 0.15) is 0 Å². The van der Waals surface area contributed by atoms with Crippen molar-refractivity contribution in [2.45, 2.75) is 19.8 Å². The molecule has 0 aliphatic heterocycles. The van der Waals surface area contributed by atoms with Crippen molar-refractivity contribution in [3.63, 3.8) is 0 Å². The van der Waals surface area contributed by atoms with E-state index in [4.69, 9.17) is 16.7 Å². The number of benzene rings is 2. The molecule has 0 radical (unpaired) electrons. The highest BCUT2D eigenvalue weighted by atomic mass is 35.5. The van der Waals surface area contributed by atoms with Crippen LogP contribution in [0.4, 0.5) is 0 Å². The van der Waals surface area contributed by atoms with E-state index >= 15 is 0 Å². The Morgan fingerprint density at radius 1 is 1.12 bits per heavy atom. The van der Waals surface area contributed by atoms with Crippen LogP contribution in [-0.2, 0) is 6.42 Å². The molecule has 1 aromatic heterocycles. The largest absolute Gasteiger partial charge is 0.395 e. The van der Waals surface area contributed by atoms with Gasteiger partial charge in [-0.15, -0.1) is 0 Å². The maximum Gasteiger partial charge on any atom is 0.0919 e. The Bertz CT molecular complexity index is 816. The summed E-state index contributed by atoms with van der Waals surface area (Å²) in [6.07, 6.45) is 2.15. The molecule has 3 rings (SSSR count). The van der Waals surface area contributed by atoms with Crippen LogP contribution in [0.25, 0.3) is 21.3 Å². The van der Waals surface area contributed by atoms with Crippen LogP contribution in [0.15, 0.2) is 42.5 Å². The van der Waals surface area contributed by atoms with E-state index in [1.54, 1.807) is 11.5 Å². The fourth-order valence-electron chi connectivity index (χ4n) is 3.03. The number of likely N-dealkylation sites (N-methyl/N-ethyl adjacent to an activating group) is 1. The summed E-state index contributed by atoms with van der Waals surface area (Å²) in [6, 6.07) is 14.5. The predicted octanol–water partition coefficient (Wildman–Crippen LogP) is 4.86. The smallest absolute Gasteiger partial charge is 0.0919 e. The average molecular weight is 375 g/mol.